The van der Waals surface area contributed by atoms with Gasteiger partial charge in [-0.1, -0.05) is 32.4 Å². The van der Waals surface area contributed by atoms with Crippen LogP contribution in [0.3, 0.4) is 0 Å². The van der Waals surface area contributed by atoms with Gasteiger partial charge in [0.05, 0.1) is 0 Å². The number of hydrogen-bond acceptors (Lipinski definition) is 4. The van der Waals surface area contributed by atoms with Crippen molar-refractivity contribution in [1.82, 2.24) is 9.97 Å². The fourth-order valence-electron chi connectivity index (χ4n) is 1.07. The number of rotatable bonds is 3. The monoisotopic (exact) mass is 228 g/mol. The molecule has 0 atom stereocenters. The maximum Gasteiger partial charge on any atom is 0.157 e. The van der Waals surface area contributed by atoms with Crippen molar-refractivity contribution < 1.29 is 0 Å². The number of nitrogens with two attached hydrogens (primary N) is 1. The van der Waals surface area contributed by atoms with Crippen LogP contribution < -0.4 is 11.1 Å². The highest BCUT2D eigenvalue weighted by Gasteiger charge is 2.10. The summed E-state index contributed by atoms with van der Waals surface area (Å²) < 4.78 is 0. The normalized spacial score (nSPS) is 11.5. The summed E-state index contributed by atoms with van der Waals surface area (Å²) in [5.41, 5.74) is 6.41. The Morgan fingerprint density at radius 2 is 2.07 bits per heavy atom. The number of hydrogen-bond donors (Lipinski definition) is 2. The molecule has 0 aliphatic rings. The van der Waals surface area contributed by atoms with Crippen molar-refractivity contribution in [3.63, 3.8) is 0 Å². The summed E-state index contributed by atoms with van der Waals surface area (Å²) in [5.74, 6) is 0.610. The van der Waals surface area contributed by atoms with Gasteiger partial charge in [0.1, 0.15) is 12.0 Å². The Kier molecular flexibility index (Phi) is 3.74. The van der Waals surface area contributed by atoms with E-state index in [1.54, 1.807) is 0 Å². The molecular weight excluding hydrogens is 212 g/mol. The Morgan fingerprint density at radius 1 is 1.40 bits per heavy atom. The van der Waals surface area contributed by atoms with Crippen LogP contribution in [0.4, 0.5) is 11.5 Å². The lowest BCUT2D eigenvalue weighted by molar-refractivity contribution is 0.389. The van der Waals surface area contributed by atoms with Gasteiger partial charge in [-0.15, -0.1) is 0 Å². The molecule has 1 aromatic heterocycles. The van der Waals surface area contributed by atoms with E-state index in [-0.39, 0.29) is 0 Å². The Balaban J connectivity index is 2.55. The zero-order valence-corrected chi connectivity index (χ0v) is 10.1. The third kappa shape index (κ3) is 3.91. The van der Waals surface area contributed by atoms with E-state index in [9.17, 15) is 0 Å². The van der Waals surface area contributed by atoms with Crippen molar-refractivity contribution in [3.05, 3.63) is 11.5 Å². The summed E-state index contributed by atoms with van der Waals surface area (Å²) >= 11 is 5.77. The van der Waals surface area contributed by atoms with Gasteiger partial charge in [-0.25, -0.2) is 9.97 Å². The van der Waals surface area contributed by atoms with Gasteiger partial charge in [-0.2, -0.15) is 0 Å². The summed E-state index contributed by atoms with van der Waals surface area (Å²) in [6.07, 6.45) is 2.44. The Morgan fingerprint density at radius 3 is 2.67 bits per heavy atom. The van der Waals surface area contributed by atoms with E-state index in [1.165, 1.54) is 6.33 Å². The van der Waals surface area contributed by atoms with E-state index in [0.717, 1.165) is 13.0 Å². The Hall–Kier alpha value is -1.03. The van der Waals surface area contributed by atoms with Crippen LogP contribution >= 0.6 is 11.6 Å². The van der Waals surface area contributed by atoms with Crippen LogP contribution in [-0.2, 0) is 0 Å². The molecule has 0 spiro atoms. The first kappa shape index (κ1) is 12.0. The van der Waals surface area contributed by atoms with Gasteiger partial charge in [0.25, 0.3) is 0 Å². The molecule has 0 aliphatic heterocycles. The van der Waals surface area contributed by atoms with Crippen LogP contribution in [0.25, 0.3) is 0 Å². The van der Waals surface area contributed by atoms with Crippen LogP contribution in [0, 0.1) is 5.41 Å². The van der Waals surface area contributed by atoms with Gasteiger partial charge in [0.2, 0.25) is 0 Å². The number of nitrogen functional groups attached to an aromatic ring is 1. The molecule has 0 unspecified atom stereocenters. The largest absolute Gasteiger partial charge is 0.393 e. The van der Waals surface area contributed by atoms with E-state index in [0.29, 0.717) is 22.1 Å². The molecule has 1 aromatic rings. The highest BCUT2D eigenvalue weighted by Crippen LogP contribution is 2.23. The zero-order valence-electron chi connectivity index (χ0n) is 9.34. The minimum atomic E-state index is 0.290. The summed E-state index contributed by atoms with van der Waals surface area (Å²) in [4.78, 5) is 7.81. The van der Waals surface area contributed by atoms with E-state index < -0.39 is 0 Å². The van der Waals surface area contributed by atoms with Crippen LogP contribution in [0.2, 0.25) is 5.15 Å². The first-order valence-corrected chi connectivity index (χ1v) is 5.28. The number of nitrogens with one attached hydrogen (secondary N) is 1. The molecule has 0 saturated carbocycles. The first-order valence-electron chi connectivity index (χ1n) is 4.90. The quantitative estimate of drug-likeness (QED) is 0.781. The number of halogens is 1. The van der Waals surface area contributed by atoms with Crippen molar-refractivity contribution in [2.24, 2.45) is 5.41 Å². The SMILES string of the molecule is CC(C)(C)CCNc1ncnc(Cl)c1N. The summed E-state index contributed by atoms with van der Waals surface area (Å²) in [6.45, 7) is 7.38. The Labute approximate surface area is 95.3 Å². The lowest BCUT2D eigenvalue weighted by Gasteiger charge is -2.18. The lowest BCUT2D eigenvalue weighted by atomic mass is 9.92. The van der Waals surface area contributed by atoms with Crippen LogP contribution in [0.5, 0.6) is 0 Å². The predicted octanol–water partition coefficient (Wildman–Crippen LogP) is 2.56. The third-order valence-electron chi connectivity index (χ3n) is 2.00. The number of anilines is 2. The Bertz CT molecular complexity index is 333. The molecule has 15 heavy (non-hydrogen) atoms. The fraction of sp³-hybridized carbons (Fsp3) is 0.600. The minimum absolute atomic E-state index is 0.290. The second kappa shape index (κ2) is 4.66. The van der Waals surface area contributed by atoms with Crippen molar-refractivity contribution >= 4 is 23.1 Å². The fourth-order valence-corrected chi connectivity index (χ4v) is 1.20. The second-order valence-corrected chi connectivity index (χ2v) is 5.02. The molecule has 0 bridgehead atoms. The first-order chi connectivity index (χ1) is 6.90. The molecule has 0 fully saturated rings. The highest BCUT2D eigenvalue weighted by molar-refractivity contribution is 6.32. The molecule has 3 N–H and O–H groups in total. The standard InChI is InChI=1S/C10H17ClN4/c1-10(2,3)4-5-13-9-7(12)8(11)14-6-15-9/h6H,4-5,12H2,1-3H3,(H,13,14,15). The molecule has 4 nitrogen and oxygen atoms in total. The molecular formula is C10H17ClN4. The number of nitrogens with zero attached hydrogens (tertiary/aromatic N) is 2. The van der Waals surface area contributed by atoms with Crippen molar-refractivity contribution in [2.45, 2.75) is 27.2 Å². The van der Waals surface area contributed by atoms with E-state index >= 15 is 0 Å². The van der Waals surface area contributed by atoms with Crippen molar-refractivity contribution in [3.8, 4) is 0 Å². The van der Waals surface area contributed by atoms with Crippen LogP contribution in [0.15, 0.2) is 6.33 Å². The zero-order chi connectivity index (χ0) is 11.5. The highest BCUT2D eigenvalue weighted by atomic mass is 35.5. The van der Waals surface area contributed by atoms with Gasteiger partial charge < -0.3 is 11.1 Å². The molecule has 5 heteroatoms. The molecule has 0 amide bonds. The van der Waals surface area contributed by atoms with Gasteiger partial charge in [0, 0.05) is 6.54 Å². The van der Waals surface area contributed by atoms with Crippen LogP contribution in [0.1, 0.15) is 27.2 Å². The van der Waals surface area contributed by atoms with Gasteiger partial charge in [-0.05, 0) is 11.8 Å². The summed E-state index contributed by atoms with van der Waals surface area (Å²) in [6, 6.07) is 0. The van der Waals surface area contributed by atoms with Gasteiger partial charge >= 0.3 is 0 Å². The lowest BCUT2D eigenvalue weighted by Crippen LogP contribution is -2.14. The molecule has 0 radical (unpaired) electrons. The van der Waals surface area contributed by atoms with Crippen LogP contribution in [-0.4, -0.2) is 16.5 Å². The smallest absolute Gasteiger partial charge is 0.157 e. The molecule has 0 aromatic carbocycles. The molecule has 0 aliphatic carbocycles. The molecule has 1 rings (SSSR count). The van der Waals surface area contributed by atoms with Crippen molar-refractivity contribution in [2.75, 3.05) is 17.6 Å². The molecule has 1 heterocycles. The summed E-state index contributed by atoms with van der Waals surface area (Å²) in [5, 5.41) is 3.44. The molecule has 84 valence electrons. The maximum atomic E-state index is 5.77. The minimum Gasteiger partial charge on any atom is -0.393 e. The van der Waals surface area contributed by atoms with E-state index in [1.807, 2.05) is 0 Å². The molecule has 0 saturated heterocycles. The third-order valence-corrected chi connectivity index (χ3v) is 2.30. The maximum absolute atomic E-state index is 5.77. The van der Waals surface area contributed by atoms with Gasteiger partial charge in [-0.3, -0.25) is 0 Å². The van der Waals surface area contributed by atoms with Crippen molar-refractivity contribution in [1.29, 1.82) is 0 Å². The van der Waals surface area contributed by atoms with Gasteiger partial charge in [0.15, 0.2) is 11.0 Å². The predicted molar refractivity (Wildman–Crippen MR) is 64.0 cm³/mol. The average molecular weight is 229 g/mol. The second-order valence-electron chi connectivity index (χ2n) is 4.66. The van der Waals surface area contributed by atoms with E-state index in [4.69, 9.17) is 17.3 Å². The topological polar surface area (TPSA) is 63.8 Å². The number of aromatic nitrogens is 2. The summed E-state index contributed by atoms with van der Waals surface area (Å²) in [7, 11) is 0. The average Bonchev–Trinajstić information content (AvgIpc) is 2.10. The van der Waals surface area contributed by atoms with E-state index in [2.05, 4.69) is 36.1 Å².